The molecule has 0 saturated carbocycles. The van der Waals surface area contributed by atoms with Crippen molar-refractivity contribution in [3.63, 3.8) is 0 Å². The molecule has 4 aromatic rings. The van der Waals surface area contributed by atoms with Crippen LogP contribution in [0.3, 0.4) is 0 Å². The number of pyridine rings is 1. The molecule has 0 saturated heterocycles. The predicted octanol–water partition coefficient (Wildman–Crippen LogP) is 4.57. The number of rotatable bonds is 5. The summed E-state index contributed by atoms with van der Waals surface area (Å²) in [5.41, 5.74) is -0.456. The van der Waals surface area contributed by atoms with Crippen LogP contribution in [0.15, 0.2) is 55.0 Å². The minimum Gasteiger partial charge on any atom is -0.497 e. The third-order valence-corrected chi connectivity index (χ3v) is 4.34. The van der Waals surface area contributed by atoms with Gasteiger partial charge in [0.2, 0.25) is 0 Å². The van der Waals surface area contributed by atoms with Crippen molar-refractivity contribution >= 4 is 17.2 Å². The lowest BCUT2D eigenvalue weighted by atomic mass is 10.2. The number of fused-ring (bicyclic) bond motifs is 1. The second kappa shape index (κ2) is 7.54. The van der Waals surface area contributed by atoms with Gasteiger partial charge in [0.25, 0.3) is 0 Å². The average Bonchev–Trinajstić information content (AvgIpc) is 3.14. The number of hydrogen-bond donors (Lipinski definition) is 1. The van der Waals surface area contributed by atoms with Crippen molar-refractivity contribution in [2.24, 2.45) is 0 Å². The molecule has 3 heterocycles. The molecule has 0 aliphatic carbocycles. The number of halogens is 3. The molecular formula is C20H16F3N5O2. The molecule has 4 rings (SSSR count). The van der Waals surface area contributed by atoms with Crippen molar-refractivity contribution in [1.82, 2.24) is 19.4 Å². The molecule has 0 radical (unpaired) electrons. The Hall–Kier alpha value is -3.82. The number of alkyl halides is 3. The fraction of sp³-hybridized carbons (Fsp3) is 0.150. The second-order valence-electron chi connectivity index (χ2n) is 6.25. The van der Waals surface area contributed by atoms with E-state index < -0.39 is 11.9 Å². The zero-order valence-corrected chi connectivity index (χ0v) is 15.9. The fourth-order valence-electron chi connectivity index (χ4n) is 2.95. The van der Waals surface area contributed by atoms with Gasteiger partial charge in [0.05, 0.1) is 32.8 Å². The number of nitrogens with zero attached hydrogens (tertiary/aromatic N) is 4. The van der Waals surface area contributed by atoms with Gasteiger partial charge in [-0.1, -0.05) is 0 Å². The number of ether oxygens (including phenoxy) is 2. The molecule has 1 aromatic carbocycles. The van der Waals surface area contributed by atoms with Gasteiger partial charge in [0, 0.05) is 5.69 Å². The lowest BCUT2D eigenvalue weighted by Crippen LogP contribution is -2.09. The highest BCUT2D eigenvalue weighted by molar-refractivity contribution is 5.67. The Kier molecular flexibility index (Phi) is 4.90. The molecule has 3 aromatic heterocycles. The number of hydrogen-bond acceptors (Lipinski definition) is 6. The van der Waals surface area contributed by atoms with Crippen molar-refractivity contribution < 1.29 is 22.6 Å². The van der Waals surface area contributed by atoms with Crippen molar-refractivity contribution in [2.45, 2.75) is 6.18 Å². The van der Waals surface area contributed by atoms with Crippen LogP contribution in [0, 0.1) is 0 Å². The lowest BCUT2D eigenvalue weighted by molar-refractivity contribution is -0.140. The molecule has 154 valence electrons. The number of imidazole rings is 1. The monoisotopic (exact) mass is 415 g/mol. The summed E-state index contributed by atoms with van der Waals surface area (Å²) >= 11 is 0. The van der Waals surface area contributed by atoms with Crippen LogP contribution in [0.1, 0.15) is 5.69 Å². The van der Waals surface area contributed by atoms with Gasteiger partial charge in [-0.3, -0.25) is 9.38 Å². The molecule has 0 spiro atoms. The number of nitrogens with one attached hydrogen (secondary N) is 1. The first-order valence-corrected chi connectivity index (χ1v) is 8.76. The minimum absolute atomic E-state index is 0.0154. The maximum Gasteiger partial charge on any atom is 0.435 e. The predicted molar refractivity (Wildman–Crippen MR) is 104 cm³/mol. The van der Waals surface area contributed by atoms with Crippen LogP contribution in [0.25, 0.3) is 17.0 Å². The summed E-state index contributed by atoms with van der Waals surface area (Å²) in [6.07, 6.45) is -0.560. The molecule has 0 fully saturated rings. The van der Waals surface area contributed by atoms with Crippen LogP contribution >= 0.6 is 0 Å². The molecule has 1 N–H and O–H groups in total. The Morgan fingerprint density at radius 3 is 2.27 bits per heavy atom. The van der Waals surface area contributed by atoms with E-state index in [0.717, 1.165) is 0 Å². The van der Waals surface area contributed by atoms with Gasteiger partial charge < -0.3 is 14.8 Å². The highest BCUT2D eigenvalue weighted by atomic mass is 19.4. The normalized spacial score (nSPS) is 11.5. The lowest BCUT2D eigenvalue weighted by Gasteiger charge is -2.10. The van der Waals surface area contributed by atoms with E-state index in [1.807, 2.05) is 0 Å². The number of methoxy groups -OCH3 is 2. The molecule has 0 bridgehead atoms. The third-order valence-electron chi connectivity index (χ3n) is 4.34. The van der Waals surface area contributed by atoms with E-state index in [2.05, 4.69) is 20.3 Å². The summed E-state index contributed by atoms with van der Waals surface area (Å²) in [5, 5.41) is 3.02. The molecule has 30 heavy (non-hydrogen) atoms. The SMILES string of the molecule is COc1ccc(Nc2cncc(-c3c(C(F)(F)F)nc4ccc(OC)cn34)n2)cc1. The molecule has 0 atom stereocenters. The molecule has 7 nitrogen and oxygen atoms in total. The van der Waals surface area contributed by atoms with Crippen molar-refractivity contribution in [3.05, 3.63) is 60.7 Å². The van der Waals surface area contributed by atoms with Gasteiger partial charge in [-0.25, -0.2) is 9.97 Å². The molecular weight excluding hydrogens is 399 g/mol. The Balaban J connectivity index is 1.80. The summed E-state index contributed by atoms with van der Waals surface area (Å²) in [6, 6.07) is 10.0. The van der Waals surface area contributed by atoms with Crippen molar-refractivity contribution in [1.29, 1.82) is 0 Å². The van der Waals surface area contributed by atoms with Crippen LogP contribution in [-0.4, -0.2) is 33.6 Å². The molecule has 0 aliphatic rings. The van der Waals surface area contributed by atoms with E-state index in [9.17, 15) is 13.2 Å². The first-order valence-electron chi connectivity index (χ1n) is 8.76. The van der Waals surface area contributed by atoms with Crippen molar-refractivity contribution in [3.8, 4) is 22.9 Å². The molecule has 0 amide bonds. The Morgan fingerprint density at radius 2 is 1.60 bits per heavy atom. The quantitative estimate of drug-likeness (QED) is 0.515. The number of benzene rings is 1. The number of anilines is 2. The highest BCUT2D eigenvalue weighted by Crippen LogP contribution is 2.37. The smallest absolute Gasteiger partial charge is 0.435 e. The first-order chi connectivity index (χ1) is 14.4. The molecule has 0 aliphatic heterocycles. The Bertz CT molecular complexity index is 1190. The topological polar surface area (TPSA) is 73.6 Å². The summed E-state index contributed by atoms with van der Waals surface area (Å²) in [7, 11) is 2.99. The van der Waals surface area contributed by atoms with E-state index in [1.54, 1.807) is 37.4 Å². The van der Waals surface area contributed by atoms with Crippen LogP contribution in [0.4, 0.5) is 24.7 Å². The third kappa shape index (κ3) is 3.71. The fourth-order valence-corrected chi connectivity index (χ4v) is 2.95. The van der Waals surface area contributed by atoms with Gasteiger partial charge in [-0.15, -0.1) is 0 Å². The second-order valence-corrected chi connectivity index (χ2v) is 6.25. The van der Waals surface area contributed by atoms with E-state index >= 15 is 0 Å². The van der Waals surface area contributed by atoms with E-state index in [1.165, 1.54) is 36.2 Å². The van der Waals surface area contributed by atoms with Crippen LogP contribution in [0.5, 0.6) is 11.5 Å². The van der Waals surface area contributed by atoms with E-state index in [4.69, 9.17) is 9.47 Å². The highest BCUT2D eigenvalue weighted by Gasteiger charge is 2.39. The Morgan fingerprint density at radius 1 is 0.900 bits per heavy atom. The molecule has 10 heteroatoms. The molecule has 0 unspecified atom stereocenters. The largest absolute Gasteiger partial charge is 0.497 e. The van der Waals surface area contributed by atoms with Gasteiger partial charge in [0.15, 0.2) is 5.69 Å². The van der Waals surface area contributed by atoms with Gasteiger partial charge in [0.1, 0.15) is 34.4 Å². The average molecular weight is 415 g/mol. The summed E-state index contributed by atoms with van der Waals surface area (Å²) < 4.78 is 52.6. The first kappa shape index (κ1) is 19.5. The van der Waals surface area contributed by atoms with Crippen LogP contribution in [-0.2, 0) is 6.18 Å². The van der Waals surface area contributed by atoms with Crippen LogP contribution in [0.2, 0.25) is 0 Å². The van der Waals surface area contributed by atoms with E-state index in [-0.39, 0.29) is 22.9 Å². The maximum absolute atomic E-state index is 13.7. The van der Waals surface area contributed by atoms with Gasteiger partial charge in [-0.2, -0.15) is 13.2 Å². The Labute approximate surface area is 169 Å². The summed E-state index contributed by atoms with van der Waals surface area (Å²) in [5.74, 6) is 1.34. The van der Waals surface area contributed by atoms with Crippen molar-refractivity contribution in [2.75, 3.05) is 19.5 Å². The van der Waals surface area contributed by atoms with E-state index in [0.29, 0.717) is 17.2 Å². The standard InChI is InChI=1S/C20H16F3N5O2/c1-29-13-5-3-12(4-6-13)25-16-10-24-9-15(26-16)18-19(20(21,22)23)27-17-8-7-14(30-2)11-28(17)18/h3-11H,1-2H3,(H,25,26). The van der Waals surface area contributed by atoms with Gasteiger partial charge >= 0.3 is 6.18 Å². The zero-order valence-electron chi connectivity index (χ0n) is 15.9. The number of aromatic nitrogens is 4. The maximum atomic E-state index is 13.7. The zero-order chi connectivity index (χ0) is 21.3. The summed E-state index contributed by atoms with van der Waals surface area (Å²) in [6.45, 7) is 0. The van der Waals surface area contributed by atoms with Gasteiger partial charge in [-0.05, 0) is 36.4 Å². The minimum atomic E-state index is -4.67. The van der Waals surface area contributed by atoms with Crippen LogP contribution < -0.4 is 14.8 Å². The summed E-state index contributed by atoms with van der Waals surface area (Å²) in [4.78, 5) is 12.1.